The Morgan fingerprint density at radius 2 is 2.22 bits per heavy atom. The molecule has 9 nitrogen and oxygen atoms in total. The van der Waals surface area contributed by atoms with Gasteiger partial charge in [-0.25, -0.2) is 0 Å². The summed E-state index contributed by atoms with van der Waals surface area (Å²) >= 11 is 3.36. The third-order valence-corrected chi connectivity index (χ3v) is 4.63. The predicted molar refractivity (Wildman–Crippen MR) is 98.9 cm³/mol. The summed E-state index contributed by atoms with van der Waals surface area (Å²) in [5, 5.41) is 20.8. The van der Waals surface area contributed by atoms with Crippen LogP contribution < -0.4 is 4.74 Å². The fourth-order valence-electron chi connectivity index (χ4n) is 2.70. The number of nitrogens with zero attached hydrogens (tertiary/aromatic N) is 4. The van der Waals surface area contributed by atoms with Gasteiger partial charge < -0.3 is 14.8 Å². The van der Waals surface area contributed by atoms with Gasteiger partial charge in [0.25, 0.3) is 0 Å². The van der Waals surface area contributed by atoms with Gasteiger partial charge in [-0.05, 0) is 51.8 Å². The molecule has 0 saturated heterocycles. The van der Waals surface area contributed by atoms with Gasteiger partial charge in [-0.2, -0.15) is 4.80 Å². The highest BCUT2D eigenvalue weighted by Crippen LogP contribution is 2.30. The summed E-state index contributed by atoms with van der Waals surface area (Å²) < 4.78 is 5.80. The van der Waals surface area contributed by atoms with Crippen LogP contribution in [-0.4, -0.2) is 56.1 Å². The molecule has 0 aliphatic rings. The molecule has 2 N–H and O–H groups in total. The number of aliphatic hydroxyl groups is 1. The van der Waals surface area contributed by atoms with E-state index < -0.39 is 0 Å². The smallest absolute Gasteiger partial charge is 0.221 e. The van der Waals surface area contributed by atoms with Gasteiger partial charge in [-0.3, -0.25) is 9.59 Å². The van der Waals surface area contributed by atoms with Crippen molar-refractivity contribution in [1.82, 2.24) is 25.2 Å². The molecule has 3 rings (SSSR count). The number of H-pyrrole nitrogens is 1. The summed E-state index contributed by atoms with van der Waals surface area (Å²) in [5.41, 5.74) is 1.75. The second kappa shape index (κ2) is 7.80. The number of methoxy groups -OCH3 is 1. The van der Waals surface area contributed by atoms with Gasteiger partial charge in [0.05, 0.1) is 41.7 Å². The Bertz CT molecular complexity index is 1010. The van der Waals surface area contributed by atoms with E-state index in [9.17, 15) is 9.59 Å². The van der Waals surface area contributed by atoms with Crippen LogP contribution >= 0.6 is 15.9 Å². The number of carbonyl (C=O) groups excluding carboxylic acids is 2. The Kier molecular flexibility index (Phi) is 5.47. The quantitative estimate of drug-likeness (QED) is 0.429. The van der Waals surface area contributed by atoms with Crippen LogP contribution in [0.2, 0.25) is 0 Å². The van der Waals surface area contributed by atoms with Gasteiger partial charge in [-0.15, -0.1) is 10.2 Å². The zero-order valence-corrected chi connectivity index (χ0v) is 16.1. The first-order valence-corrected chi connectivity index (χ1v) is 8.74. The number of nitrogens with one attached hydrogen (secondary N) is 1. The topological polar surface area (TPSA) is 123 Å². The molecule has 0 saturated carbocycles. The molecule has 0 fully saturated rings. The first kappa shape index (κ1) is 18.9. The highest BCUT2D eigenvalue weighted by Gasteiger charge is 2.24. The van der Waals surface area contributed by atoms with E-state index in [2.05, 4.69) is 36.3 Å². The minimum absolute atomic E-state index is 0.130. The lowest BCUT2D eigenvalue weighted by Crippen LogP contribution is -2.06. The molecule has 0 atom stereocenters. The summed E-state index contributed by atoms with van der Waals surface area (Å²) in [5.74, 6) is 0.514. The lowest BCUT2D eigenvalue weighted by Gasteiger charge is -2.06. The Hall–Kier alpha value is -2.85. The summed E-state index contributed by atoms with van der Waals surface area (Å²) in [7, 11) is 1.53. The number of ketones is 1. The van der Waals surface area contributed by atoms with Crippen molar-refractivity contribution in [2.75, 3.05) is 13.7 Å². The lowest BCUT2D eigenvalue weighted by molar-refractivity contribution is 0.102. The van der Waals surface area contributed by atoms with Crippen LogP contribution in [0, 0.1) is 6.92 Å². The highest BCUT2D eigenvalue weighted by atomic mass is 79.9. The normalized spacial score (nSPS) is 10.8. The Morgan fingerprint density at radius 3 is 2.85 bits per heavy atom. The van der Waals surface area contributed by atoms with Crippen LogP contribution in [0.1, 0.15) is 32.0 Å². The van der Waals surface area contributed by atoms with E-state index in [0.29, 0.717) is 33.3 Å². The first-order chi connectivity index (χ1) is 13.0. The molecule has 0 bridgehead atoms. The van der Waals surface area contributed by atoms with E-state index in [4.69, 9.17) is 9.84 Å². The number of hydrogen-bond donors (Lipinski definition) is 2. The molecule has 3 aromatic rings. The van der Waals surface area contributed by atoms with E-state index in [0.717, 1.165) is 0 Å². The van der Waals surface area contributed by atoms with Crippen molar-refractivity contribution in [3.8, 4) is 17.3 Å². The Labute approximate surface area is 162 Å². The van der Waals surface area contributed by atoms with Gasteiger partial charge in [0.1, 0.15) is 5.75 Å². The maximum Gasteiger partial charge on any atom is 0.221 e. The fraction of sp³-hybridized carbons (Fsp3) is 0.235. The van der Waals surface area contributed by atoms with E-state index >= 15 is 0 Å². The monoisotopic (exact) mass is 433 g/mol. The second-order valence-corrected chi connectivity index (χ2v) is 6.50. The highest BCUT2D eigenvalue weighted by molar-refractivity contribution is 9.10. The van der Waals surface area contributed by atoms with Crippen LogP contribution in [0.5, 0.6) is 5.75 Å². The van der Waals surface area contributed by atoms with Crippen LogP contribution in [0.4, 0.5) is 0 Å². The maximum absolute atomic E-state index is 13.0. The fourth-order valence-corrected chi connectivity index (χ4v) is 3.24. The lowest BCUT2D eigenvalue weighted by atomic mass is 9.99. The summed E-state index contributed by atoms with van der Waals surface area (Å²) in [6.45, 7) is 1.77. The molecular weight excluding hydrogens is 418 g/mol. The molecule has 1 aromatic carbocycles. The number of aliphatic hydroxyl groups excluding tert-OH is 1. The van der Waals surface area contributed by atoms with Crippen molar-refractivity contribution in [2.24, 2.45) is 0 Å². The van der Waals surface area contributed by atoms with Crippen LogP contribution in [-0.2, 0) is 6.54 Å². The number of carbonyl (C=O) groups is 2. The first-order valence-electron chi connectivity index (χ1n) is 7.95. The molecule has 0 radical (unpaired) electrons. The third-order valence-electron chi connectivity index (χ3n) is 4.01. The molecule has 0 spiro atoms. The molecule has 140 valence electrons. The average Bonchev–Trinajstić information content (AvgIpc) is 3.25. The van der Waals surface area contributed by atoms with E-state index in [1.165, 1.54) is 11.9 Å². The molecule has 0 aliphatic heterocycles. The minimum atomic E-state index is -0.316. The summed E-state index contributed by atoms with van der Waals surface area (Å²) in [6, 6.07) is 4.93. The van der Waals surface area contributed by atoms with Crippen LogP contribution in [0.15, 0.2) is 22.7 Å². The second-order valence-electron chi connectivity index (χ2n) is 5.64. The van der Waals surface area contributed by atoms with E-state index in [1.807, 2.05) is 0 Å². The Morgan fingerprint density at radius 1 is 1.44 bits per heavy atom. The number of hydrogen-bond acceptors (Lipinski definition) is 7. The number of ether oxygens (including phenoxy) is 1. The molecule has 10 heteroatoms. The molecule has 27 heavy (non-hydrogen) atoms. The largest absolute Gasteiger partial charge is 0.496 e. The Balaban J connectivity index is 2.04. The van der Waals surface area contributed by atoms with Crippen molar-refractivity contribution < 1.29 is 19.4 Å². The van der Waals surface area contributed by atoms with Crippen molar-refractivity contribution in [2.45, 2.75) is 13.5 Å². The third kappa shape index (κ3) is 3.53. The number of benzene rings is 1. The number of aromatic nitrogens is 5. The van der Waals surface area contributed by atoms with Crippen molar-refractivity contribution in [3.63, 3.8) is 0 Å². The van der Waals surface area contributed by atoms with Gasteiger partial charge in [0.15, 0.2) is 12.1 Å². The van der Waals surface area contributed by atoms with Crippen LogP contribution in [0.25, 0.3) is 11.5 Å². The van der Waals surface area contributed by atoms with Crippen molar-refractivity contribution in [3.05, 3.63) is 45.1 Å². The van der Waals surface area contributed by atoms with Gasteiger partial charge >= 0.3 is 0 Å². The summed E-state index contributed by atoms with van der Waals surface area (Å²) in [6.07, 6.45) is 0.584. The predicted octanol–water partition coefficient (Wildman–Crippen LogP) is 1.78. The number of halogens is 1. The molecule has 0 amide bonds. The van der Waals surface area contributed by atoms with E-state index in [-0.39, 0.29) is 36.0 Å². The van der Waals surface area contributed by atoms with Gasteiger partial charge in [0, 0.05) is 5.56 Å². The molecule has 0 aliphatic carbocycles. The maximum atomic E-state index is 13.0. The number of rotatable bonds is 7. The number of tetrazole rings is 1. The SMILES string of the molecule is COc1ccc(C(=O)c2c(C=O)[nH]c(-c3nnn(CCO)n3)c2C)cc1Br. The average molecular weight is 434 g/mol. The van der Waals surface area contributed by atoms with Gasteiger partial charge in [-0.1, -0.05) is 0 Å². The number of aromatic amines is 1. The zero-order valence-electron chi connectivity index (χ0n) is 14.6. The van der Waals surface area contributed by atoms with Crippen LogP contribution in [0.3, 0.4) is 0 Å². The summed E-state index contributed by atoms with van der Waals surface area (Å²) in [4.78, 5) is 28.7. The molecular formula is C17H16BrN5O4. The van der Waals surface area contributed by atoms with Gasteiger partial charge in [0.2, 0.25) is 5.82 Å². The minimum Gasteiger partial charge on any atom is -0.496 e. The van der Waals surface area contributed by atoms with Crippen molar-refractivity contribution in [1.29, 1.82) is 0 Å². The van der Waals surface area contributed by atoms with E-state index in [1.54, 1.807) is 25.1 Å². The van der Waals surface area contributed by atoms with Crippen molar-refractivity contribution >= 4 is 28.0 Å². The standard InChI is InChI=1S/C17H16BrN5O4/c1-9-14(16(26)10-3-4-13(27-2)11(18)7-10)12(8-25)19-15(9)17-20-22-23(21-17)5-6-24/h3-4,7-8,19,24H,5-6H2,1-2H3. The number of aldehydes is 1. The molecule has 2 aromatic heterocycles. The molecule has 2 heterocycles. The molecule has 0 unspecified atom stereocenters. The zero-order chi connectivity index (χ0) is 19.6.